The van der Waals surface area contributed by atoms with Crippen molar-refractivity contribution in [3.8, 4) is 11.4 Å². The molecule has 8 nitrogen and oxygen atoms in total. The first-order valence-corrected chi connectivity index (χ1v) is 13.5. The van der Waals surface area contributed by atoms with E-state index in [2.05, 4.69) is 15.5 Å². The summed E-state index contributed by atoms with van der Waals surface area (Å²) in [5, 5.41) is 11.2. The SMILES string of the molecule is O=C(Nc1ccc(F)c(-c2nnc3n2CCCCC3)c1)c1cccc(S(=O)(=O)N2CCCCC2)c1. The second kappa shape index (κ2) is 9.87. The maximum absolute atomic E-state index is 14.8. The first-order valence-electron chi connectivity index (χ1n) is 12.1. The van der Waals surface area contributed by atoms with Crippen molar-refractivity contribution in [1.82, 2.24) is 19.1 Å². The van der Waals surface area contributed by atoms with Gasteiger partial charge in [0, 0.05) is 37.3 Å². The van der Waals surface area contributed by atoms with Crippen molar-refractivity contribution >= 4 is 21.6 Å². The molecule has 2 aliphatic heterocycles. The predicted molar refractivity (Wildman–Crippen MR) is 130 cm³/mol. The van der Waals surface area contributed by atoms with E-state index in [9.17, 15) is 17.6 Å². The first kappa shape index (κ1) is 23.6. The number of aryl methyl sites for hydroxylation is 1. The molecule has 1 N–H and O–H groups in total. The van der Waals surface area contributed by atoms with Crippen molar-refractivity contribution in [2.45, 2.75) is 56.4 Å². The number of anilines is 1. The summed E-state index contributed by atoms with van der Waals surface area (Å²) in [6.45, 7) is 1.71. The molecule has 0 unspecified atom stereocenters. The molecule has 1 aromatic heterocycles. The Bertz CT molecular complexity index is 1350. The number of carbonyl (C=O) groups excluding carboxylic acids is 1. The highest BCUT2D eigenvalue weighted by molar-refractivity contribution is 7.89. The summed E-state index contributed by atoms with van der Waals surface area (Å²) >= 11 is 0. The van der Waals surface area contributed by atoms with Crippen LogP contribution in [0.2, 0.25) is 0 Å². The fourth-order valence-corrected chi connectivity index (χ4v) is 6.28. The van der Waals surface area contributed by atoms with Crippen LogP contribution in [-0.4, -0.2) is 46.5 Å². The molecule has 3 aromatic rings. The Morgan fingerprint density at radius 3 is 2.51 bits per heavy atom. The van der Waals surface area contributed by atoms with Crippen LogP contribution in [-0.2, 0) is 23.0 Å². The average Bonchev–Trinajstić information content (AvgIpc) is 3.13. The summed E-state index contributed by atoms with van der Waals surface area (Å²) in [7, 11) is -3.66. The van der Waals surface area contributed by atoms with Crippen molar-refractivity contribution < 1.29 is 17.6 Å². The quantitative estimate of drug-likeness (QED) is 0.569. The first-order chi connectivity index (χ1) is 16.9. The fraction of sp³-hybridized carbons (Fsp3) is 0.400. The number of benzene rings is 2. The van der Waals surface area contributed by atoms with Crippen molar-refractivity contribution in [3.05, 3.63) is 59.7 Å². The molecular formula is C25H28FN5O3S. The number of aromatic nitrogens is 3. The summed E-state index contributed by atoms with van der Waals surface area (Å²) in [5.74, 6) is 0.374. The number of fused-ring (bicyclic) bond motifs is 1. The summed E-state index contributed by atoms with van der Waals surface area (Å²) in [6, 6.07) is 10.3. The molecule has 1 amide bonds. The number of carbonyl (C=O) groups is 1. The van der Waals surface area contributed by atoms with Gasteiger partial charge in [0.25, 0.3) is 5.91 Å². The number of halogens is 1. The van der Waals surface area contributed by atoms with E-state index in [4.69, 9.17) is 0 Å². The van der Waals surface area contributed by atoms with E-state index < -0.39 is 21.7 Å². The fourth-order valence-electron chi connectivity index (χ4n) is 4.71. The summed E-state index contributed by atoms with van der Waals surface area (Å²) in [4.78, 5) is 13.1. The van der Waals surface area contributed by atoms with Gasteiger partial charge in [-0.1, -0.05) is 18.9 Å². The van der Waals surface area contributed by atoms with E-state index >= 15 is 0 Å². The lowest BCUT2D eigenvalue weighted by atomic mass is 10.1. The minimum Gasteiger partial charge on any atom is -0.322 e. The predicted octanol–water partition coefficient (Wildman–Crippen LogP) is 4.24. The highest BCUT2D eigenvalue weighted by Gasteiger charge is 2.26. The van der Waals surface area contributed by atoms with E-state index in [1.54, 1.807) is 18.2 Å². The number of hydrogen-bond donors (Lipinski definition) is 1. The van der Waals surface area contributed by atoms with Crippen LogP contribution >= 0.6 is 0 Å². The standard InChI is InChI=1S/C25H28FN5O3S/c26-22-12-11-19(17-21(22)24-29-28-23-10-3-1-6-15-31(23)24)27-25(32)18-8-7-9-20(16-18)35(33,34)30-13-4-2-5-14-30/h7-9,11-12,16-17H,1-6,10,13-15H2,(H,27,32). The van der Waals surface area contributed by atoms with E-state index in [0.717, 1.165) is 57.3 Å². The summed E-state index contributed by atoms with van der Waals surface area (Å²) < 4.78 is 44.2. The second-order valence-electron chi connectivity index (χ2n) is 9.04. The normalized spacial score (nSPS) is 16.9. The van der Waals surface area contributed by atoms with Crippen LogP contribution < -0.4 is 5.32 Å². The highest BCUT2D eigenvalue weighted by Crippen LogP contribution is 2.28. The van der Waals surface area contributed by atoms with Crippen LogP contribution in [0.5, 0.6) is 0 Å². The van der Waals surface area contributed by atoms with Crippen LogP contribution in [0, 0.1) is 5.82 Å². The van der Waals surface area contributed by atoms with Crippen LogP contribution in [0.25, 0.3) is 11.4 Å². The zero-order valence-electron chi connectivity index (χ0n) is 19.4. The highest BCUT2D eigenvalue weighted by atomic mass is 32.2. The van der Waals surface area contributed by atoms with Crippen molar-refractivity contribution in [2.24, 2.45) is 0 Å². The number of amides is 1. The second-order valence-corrected chi connectivity index (χ2v) is 11.0. The third-order valence-electron chi connectivity index (χ3n) is 6.62. The maximum Gasteiger partial charge on any atom is 0.255 e. The minimum absolute atomic E-state index is 0.0954. The Morgan fingerprint density at radius 2 is 1.69 bits per heavy atom. The Hall–Kier alpha value is -3.11. The molecule has 0 saturated carbocycles. The molecule has 0 bridgehead atoms. The average molecular weight is 498 g/mol. The molecule has 0 atom stereocenters. The molecule has 5 rings (SSSR count). The van der Waals surface area contributed by atoms with Crippen molar-refractivity contribution in [1.29, 1.82) is 0 Å². The largest absolute Gasteiger partial charge is 0.322 e. The number of nitrogens with zero attached hydrogens (tertiary/aromatic N) is 4. The number of nitrogens with one attached hydrogen (secondary N) is 1. The van der Waals surface area contributed by atoms with Gasteiger partial charge in [0.15, 0.2) is 5.82 Å². The zero-order valence-corrected chi connectivity index (χ0v) is 20.2. The number of piperidine rings is 1. The van der Waals surface area contributed by atoms with Crippen LogP contribution in [0.15, 0.2) is 47.4 Å². The van der Waals surface area contributed by atoms with Gasteiger partial charge in [-0.15, -0.1) is 10.2 Å². The Morgan fingerprint density at radius 1 is 0.914 bits per heavy atom. The van der Waals surface area contributed by atoms with Gasteiger partial charge >= 0.3 is 0 Å². The molecule has 1 saturated heterocycles. The molecule has 0 spiro atoms. The zero-order chi connectivity index (χ0) is 24.4. The van der Waals surface area contributed by atoms with E-state index in [0.29, 0.717) is 24.6 Å². The molecule has 3 heterocycles. The molecule has 1 fully saturated rings. The molecule has 0 radical (unpaired) electrons. The summed E-state index contributed by atoms with van der Waals surface area (Å²) in [6.07, 6.45) is 6.60. The molecular weight excluding hydrogens is 469 g/mol. The van der Waals surface area contributed by atoms with Crippen molar-refractivity contribution in [2.75, 3.05) is 18.4 Å². The Labute approximate surface area is 204 Å². The van der Waals surface area contributed by atoms with Gasteiger partial charge in [-0.05, 0) is 62.1 Å². The van der Waals surface area contributed by atoms with Crippen molar-refractivity contribution in [3.63, 3.8) is 0 Å². The molecule has 184 valence electrons. The van der Waals surface area contributed by atoms with Gasteiger partial charge in [-0.25, -0.2) is 12.8 Å². The van der Waals surface area contributed by atoms with Gasteiger partial charge in [0.2, 0.25) is 10.0 Å². The van der Waals surface area contributed by atoms with Crippen LogP contribution in [0.1, 0.15) is 54.7 Å². The van der Waals surface area contributed by atoms with Gasteiger partial charge in [0.1, 0.15) is 11.6 Å². The molecule has 0 aliphatic carbocycles. The molecule has 10 heteroatoms. The lowest BCUT2D eigenvalue weighted by Gasteiger charge is -2.26. The van der Waals surface area contributed by atoms with Gasteiger partial charge in [-0.2, -0.15) is 4.31 Å². The number of sulfonamides is 1. The lowest BCUT2D eigenvalue weighted by Crippen LogP contribution is -2.35. The number of hydrogen-bond acceptors (Lipinski definition) is 5. The van der Waals surface area contributed by atoms with Gasteiger partial charge < -0.3 is 9.88 Å². The van der Waals surface area contributed by atoms with E-state index in [1.807, 2.05) is 4.57 Å². The smallest absolute Gasteiger partial charge is 0.255 e. The Kier molecular flexibility index (Phi) is 6.66. The third-order valence-corrected chi connectivity index (χ3v) is 8.52. The third kappa shape index (κ3) is 4.85. The molecule has 2 aliphatic rings. The van der Waals surface area contributed by atoms with E-state index in [1.165, 1.54) is 28.6 Å². The number of rotatable bonds is 5. The van der Waals surface area contributed by atoms with Crippen LogP contribution in [0.3, 0.4) is 0 Å². The van der Waals surface area contributed by atoms with Gasteiger partial charge in [0.05, 0.1) is 10.5 Å². The van der Waals surface area contributed by atoms with E-state index in [-0.39, 0.29) is 16.0 Å². The monoisotopic (exact) mass is 497 g/mol. The maximum atomic E-state index is 14.8. The minimum atomic E-state index is -3.66. The topological polar surface area (TPSA) is 97.2 Å². The summed E-state index contributed by atoms with van der Waals surface area (Å²) in [5.41, 5.74) is 0.872. The lowest BCUT2D eigenvalue weighted by molar-refractivity contribution is 0.102. The molecule has 35 heavy (non-hydrogen) atoms. The van der Waals surface area contributed by atoms with Gasteiger partial charge in [-0.3, -0.25) is 4.79 Å². The Balaban J connectivity index is 1.39. The molecule has 2 aromatic carbocycles. The van der Waals surface area contributed by atoms with Crippen LogP contribution in [0.4, 0.5) is 10.1 Å².